The molecule has 3 aromatic rings. The molecule has 0 spiro atoms. The van der Waals surface area contributed by atoms with Crippen LogP contribution in [0.4, 0.5) is 0 Å². The van der Waals surface area contributed by atoms with Gasteiger partial charge in [0.05, 0.1) is 0 Å². The number of hydrogen-bond donors (Lipinski definition) is 3. The second kappa shape index (κ2) is 8.53. The average molecular weight is 365 g/mol. The van der Waals surface area contributed by atoms with Crippen LogP contribution in [0.1, 0.15) is 22.8 Å². The molecule has 0 fully saturated rings. The zero-order chi connectivity index (χ0) is 19.2. The van der Waals surface area contributed by atoms with Crippen molar-refractivity contribution in [2.75, 3.05) is 13.1 Å². The fraction of sp³-hybridized carbons (Fsp3) is 0.350. The third-order valence-electron chi connectivity index (χ3n) is 4.58. The van der Waals surface area contributed by atoms with Crippen LogP contribution in [0.25, 0.3) is 10.9 Å². The Hall–Kier alpha value is -3.09. The number of aryl methyl sites for hydroxylation is 2. The molecule has 0 saturated heterocycles. The van der Waals surface area contributed by atoms with Crippen molar-refractivity contribution < 1.29 is 0 Å². The molecule has 0 amide bonds. The lowest BCUT2D eigenvalue weighted by Gasteiger charge is -2.11. The van der Waals surface area contributed by atoms with Gasteiger partial charge in [0.25, 0.3) is 0 Å². The van der Waals surface area contributed by atoms with Gasteiger partial charge >= 0.3 is 0 Å². The van der Waals surface area contributed by atoms with Gasteiger partial charge in [-0.1, -0.05) is 18.2 Å². The van der Waals surface area contributed by atoms with Crippen LogP contribution in [-0.4, -0.2) is 38.8 Å². The van der Waals surface area contributed by atoms with E-state index in [1.54, 1.807) is 0 Å². The van der Waals surface area contributed by atoms with Gasteiger partial charge in [0.1, 0.15) is 12.4 Å². The lowest BCUT2D eigenvalue weighted by Crippen LogP contribution is -2.38. The largest absolute Gasteiger partial charge is 0.361 e. The fourth-order valence-electron chi connectivity index (χ4n) is 2.90. The number of H-pyrrole nitrogens is 1. The molecule has 0 atom stereocenters. The monoisotopic (exact) mass is 365 g/mol. The maximum atomic E-state index is 4.61. The SMILES string of the molecule is C=CCNC(=NCc1nnc(C)n1C)NCCc1c[nH]c2cc(C)ccc12. The molecular weight excluding hydrogens is 338 g/mol. The number of hydrogen-bond acceptors (Lipinski definition) is 3. The van der Waals surface area contributed by atoms with Crippen LogP contribution in [0.2, 0.25) is 0 Å². The summed E-state index contributed by atoms with van der Waals surface area (Å²) in [5.74, 6) is 2.45. The summed E-state index contributed by atoms with van der Waals surface area (Å²) in [6, 6.07) is 6.50. The van der Waals surface area contributed by atoms with Crippen molar-refractivity contribution >= 4 is 16.9 Å². The summed E-state index contributed by atoms with van der Waals surface area (Å²) in [5, 5.41) is 16.1. The Labute approximate surface area is 159 Å². The molecule has 0 saturated carbocycles. The summed E-state index contributed by atoms with van der Waals surface area (Å²) in [6.07, 6.45) is 4.80. The first-order valence-corrected chi connectivity index (χ1v) is 9.13. The normalized spacial score (nSPS) is 11.7. The fourth-order valence-corrected chi connectivity index (χ4v) is 2.90. The number of fused-ring (bicyclic) bond motifs is 1. The van der Waals surface area contributed by atoms with E-state index in [2.05, 4.69) is 68.7 Å². The van der Waals surface area contributed by atoms with Gasteiger partial charge in [-0.2, -0.15) is 0 Å². The Kier molecular flexibility index (Phi) is 5.90. The number of rotatable bonds is 7. The number of guanidine groups is 1. The molecule has 0 bridgehead atoms. The highest BCUT2D eigenvalue weighted by atomic mass is 15.3. The molecular formula is C20H27N7. The van der Waals surface area contributed by atoms with E-state index < -0.39 is 0 Å². The lowest BCUT2D eigenvalue weighted by molar-refractivity contribution is 0.757. The molecule has 1 aromatic carbocycles. The van der Waals surface area contributed by atoms with Crippen molar-refractivity contribution in [2.24, 2.45) is 12.0 Å². The van der Waals surface area contributed by atoms with Gasteiger partial charge in [-0.25, -0.2) is 4.99 Å². The predicted octanol–water partition coefficient (Wildman–Crippen LogP) is 2.38. The first kappa shape index (κ1) is 18.7. The molecule has 0 unspecified atom stereocenters. The molecule has 142 valence electrons. The highest BCUT2D eigenvalue weighted by molar-refractivity contribution is 5.84. The minimum atomic E-state index is 0.468. The lowest BCUT2D eigenvalue weighted by atomic mass is 10.1. The summed E-state index contributed by atoms with van der Waals surface area (Å²) < 4.78 is 1.95. The Morgan fingerprint density at radius 3 is 2.89 bits per heavy atom. The molecule has 0 aliphatic heterocycles. The summed E-state index contributed by atoms with van der Waals surface area (Å²) in [7, 11) is 1.95. The molecule has 7 nitrogen and oxygen atoms in total. The molecule has 0 aliphatic rings. The number of aliphatic imine (C=N–C) groups is 1. The Morgan fingerprint density at radius 1 is 1.30 bits per heavy atom. The van der Waals surface area contributed by atoms with Crippen LogP contribution < -0.4 is 10.6 Å². The van der Waals surface area contributed by atoms with E-state index in [9.17, 15) is 0 Å². The topological polar surface area (TPSA) is 82.9 Å². The number of aromatic amines is 1. The van der Waals surface area contributed by atoms with E-state index >= 15 is 0 Å². The summed E-state index contributed by atoms with van der Waals surface area (Å²) >= 11 is 0. The average Bonchev–Trinajstić information content (AvgIpc) is 3.20. The van der Waals surface area contributed by atoms with Crippen molar-refractivity contribution in [1.82, 2.24) is 30.4 Å². The molecule has 27 heavy (non-hydrogen) atoms. The molecule has 0 radical (unpaired) electrons. The van der Waals surface area contributed by atoms with Crippen molar-refractivity contribution in [3.8, 4) is 0 Å². The predicted molar refractivity (Wildman–Crippen MR) is 110 cm³/mol. The van der Waals surface area contributed by atoms with Crippen LogP contribution in [0.3, 0.4) is 0 Å². The van der Waals surface area contributed by atoms with E-state index in [4.69, 9.17) is 0 Å². The van der Waals surface area contributed by atoms with E-state index in [1.165, 1.54) is 22.0 Å². The number of nitrogens with one attached hydrogen (secondary N) is 3. The summed E-state index contributed by atoms with van der Waals surface area (Å²) in [5.41, 5.74) is 3.74. The summed E-state index contributed by atoms with van der Waals surface area (Å²) in [4.78, 5) is 7.97. The standard InChI is InChI=1S/C20H27N7/c1-5-9-21-20(24-13-19-26-25-15(3)27(19)4)22-10-8-16-12-23-18-11-14(2)6-7-17(16)18/h5-7,11-12,23H,1,8-10,13H2,2-4H3,(H2,21,22,24). The van der Waals surface area contributed by atoms with E-state index in [0.29, 0.717) is 13.1 Å². The second-order valence-electron chi connectivity index (χ2n) is 6.60. The molecule has 2 aromatic heterocycles. The smallest absolute Gasteiger partial charge is 0.191 e. The van der Waals surface area contributed by atoms with Crippen LogP contribution in [0.5, 0.6) is 0 Å². The highest BCUT2D eigenvalue weighted by Crippen LogP contribution is 2.19. The van der Waals surface area contributed by atoms with Crippen LogP contribution >= 0.6 is 0 Å². The third kappa shape index (κ3) is 4.55. The highest BCUT2D eigenvalue weighted by Gasteiger charge is 2.06. The van der Waals surface area contributed by atoms with E-state index in [1.807, 2.05) is 24.6 Å². The Bertz CT molecular complexity index is 949. The quantitative estimate of drug-likeness (QED) is 0.341. The van der Waals surface area contributed by atoms with Crippen LogP contribution in [-0.2, 0) is 20.0 Å². The minimum Gasteiger partial charge on any atom is -0.361 e. The Morgan fingerprint density at radius 2 is 2.15 bits per heavy atom. The number of benzene rings is 1. The van der Waals surface area contributed by atoms with E-state index in [-0.39, 0.29) is 0 Å². The molecule has 7 heteroatoms. The molecule has 3 N–H and O–H groups in total. The van der Waals surface area contributed by atoms with Gasteiger partial charge in [0.2, 0.25) is 0 Å². The maximum Gasteiger partial charge on any atom is 0.191 e. The van der Waals surface area contributed by atoms with Gasteiger partial charge in [0.15, 0.2) is 11.8 Å². The van der Waals surface area contributed by atoms with Gasteiger partial charge in [-0.15, -0.1) is 16.8 Å². The van der Waals surface area contributed by atoms with Gasteiger partial charge in [0, 0.05) is 37.2 Å². The first-order valence-electron chi connectivity index (χ1n) is 9.13. The van der Waals surface area contributed by atoms with Gasteiger partial charge < -0.3 is 20.2 Å². The molecule has 2 heterocycles. The zero-order valence-electron chi connectivity index (χ0n) is 16.2. The molecule has 3 rings (SSSR count). The van der Waals surface area contributed by atoms with Crippen molar-refractivity contribution in [3.63, 3.8) is 0 Å². The molecule has 0 aliphatic carbocycles. The minimum absolute atomic E-state index is 0.468. The first-order chi connectivity index (χ1) is 13.1. The summed E-state index contributed by atoms with van der Waals surface area (Å²) in [6.45, 7) is 9.69. The van der Waals surface area contributed by atoms with Crippen molar-refractivity contribution in [1.29, 1.82) is 0 Å². The number of nitrogens with zero attached hydrogens (tertiary/aromatic N) is 4. The van der Waals surface area contributed by atoms with Crippen LogP contribution in [0, 0.1) is 13.8 Å². The number of aromatic nitrogens is 4. The Balaban J connectivity index is 1.62. The van der Waals surface area contributed by atoms with Gasteiger partial charge in [-0.05, 0) is 37.5 Å². The van der Waals surface area contributed by atoms with Crippen LogP contribution in [0.15, 0.2) is 42.0 Å². The third-order valence-corrected chi connectivity index (χ3v) is 4.58. The maximum absolute atomic E-state index is 4.61. The van der Waals surface area contributed by atoms with E-state index in [0.717, 1.165) is 30.6 Å². The zero-order valence-corrected chi connectivity index (χ0v) is 16.2. The van der Waals surface area contributed by atoms with Gasteiger partial charge in [-0.3, -0.25) is 0 Å². The second-order valence-corrected chi connectivity index (χ2v) is 6.60. The van der Waals surface area contributed by atoms with Crippen molar-refractivity contribution in [2.45, 2.75) is 26.8 Å². The van der Waals surface area contributed by atoms with Crippen molar-refractivity contribution in [3.05, 3.63) is 59.8 Å².